The molecule has 0 aliphatic carbocycles. The van der Waals surface area contributed by atoms with Crippen LogP contribution in [0.4, 0.5) is 0 Å². The molecule has 0 spiro atoms. The molecule has 0 aliphatic heterocycles. The molecule has 0 N–H and O–H groups in total. The number of aryl methyl sites for hydroxylation is 12. The summed E-state index contributed by atoms with van der Waals surface area (Å²) >= 11 is 27.2. The SMILES string of the molecule is Cc1ccc2c(c1)sc1c2sc2c3ccc(C)cc3sc21.Cc1ccc2c(c1)sc1c2sc2c3ccc(C)cc3sc21.Cc1ccc2c(c1)sc1c3ccc(C)cc3sc21.Cc1ccc2c(c1)sc1c3ccc(C)cc3sc21.Cc1ccc2cc3c(cc2c1)sc1c2cc4ccc(C)cc4cc2sc31.Cc1ccc2cc3sc4c5cc6cc(C)ccc6cc5sc4c3cc2c1. The molecule has 0 nitrogen and oxygen atoms in total. The van der Waals surface area contributed by atoms with Crippen LogP contribution in [0.25, 0.3) is 239 Å². The predicted molar refractivity (Wildman–Crippen MR) is 606 cm³/mol. The lowest BCUT2D eigenvalue weighted by molar-refractivity contribution is 1.51. The van der Waals surface area contributed by atoms with Gasteiger partial charge >= 0.3 is 0 Å². The highest BCUT2D eigenvalue weighted by molar-refractivity contribution is 7.45. The van der Waals surface area contributed by atoms with Gasteiger partial charge in [0.15, 0.2) is 0 Å². The molecule has 0 saturated heterocycles. The summed E-state index contributed by atoms with van der Waals surface area (Å²) in [5, 5.41) is 27.7. The maximum absolute atomic E-state index is 2.38. The van der Waals surface area contributed by atoms with Crippen molar-refractivity contribution in [3.05, 3.63) is 334 Å². The summed E-state index contributed by atoms with van der Waals surface area (Å²) in [5.41, 5.74) is 16.0. The molecule has 0 fully saturated rings. The highest BCUT2D eigenvalue weighted by atomic mass is 32.2. The number of fused-ring (bicyclic) bond motifs is 38. The van der Waals surface area contributed by atoms with Crippen LogP contribution < -0.4 is 0 Å². The van der Waals surface area contributed by atoms with Crippen molar-refractivity contribution in [1.82, 2.24) is 0 Å². The third-order valence-electron chi connectivity index (χ3n) is 25.4. The maximum Gasteiger partial charge on any atom is 0.0642 e. The fourth-order valence-corrected chi connectivity index (χ4v) is 38.9. The smallest absolute Gasteiger partial charge is 0.0642 e. The molecule has 0 bridgehead atoms. The van der Waals surface area contributed by atoms with E-state index in [-0.39, 0.29) is 0 Å². The lowest BCUT2D eigenvalue weighted by Gasteiger charge is -2.01. The maximum atomic E-state index is 2.38. The molecule has 14 heteroatoms. The first-order valence-corrected chi connectivity index (χ1v) is 55.1. The molecule has 30 aromatic rings. The number of hydrogen-bond donors (Lipinski definition) is 0. The average Bonchev–Trinajstić information content (AvgIpc) is 1.56. The van der Waals surface area contributed by atoms with Gasteiger partial charge in [0, 0.05) is 121 Å². The van der Waals surface area contributed by atoms with Gasteiger partial charge < -0.3 is 0 Å². The molecule has 0 aliphatic rings. The number of thiophene rings is 14. The van der Waals surface area contributed by atoms with Gasteiger partial charge in [0.25, 0.3) is 0 Å². The van der Waals surface area contributed by atoms with E-state index in [1.54, 1.807) is 0 Å². The van der Waals surface area contributed by atoms with Crippen LogP contribution in [0, 0.1) is 83.1 Å². The lowest BCUT2D eigenvalue weighted by Crippen LogP contribution is -1.75. The summed E-state index contributed by atoms with van der Waals surface area (Å²) in [6, 6.07) is 100. The van der Waals surface area contributed by atoms with E-state index in [1.165, 1.54) is 306 Å². The van der Waals surface area contributed by atoms with Gasteiger partial charge in [-0.15, -0.1) is 159 Å². The van der Waals surface area contributed by atoms with Gasteiger partial charge in [-0.2, -0.15) is 0 Å². The highest BCUT2D eigenvalue weighted by Gasteiger charge is 2.23. The van der Waals surface area contributed by atoms with Gasteiger partial charge in [0.05, 0.1) is 75.2 Å². The van der Waals surface area contributed by atoms with E-state index in [2.05, 4.69) is 350 Å². The Hall–Kier alpha value is -10.4. The van der Waals surface area contributed by atoms with Crippen molar-refractivity contribution in [2.24, 2.45) is 0 Å². The molecule has 0 unspecified atom stereocenters. The average molecular weight is 1920 g/mol. The van der Waals surface area contributed by atoms with Gasteiger partial charge in [-0.05, 0) is 268 Å². The standard InChI is InChI=1S/2C24H16S2.2C18H12S3.2C16H12S2/c1-13-3-5-15-11-21-19(9-17(15)7-13)23-24(25-21)20-10-18-8-14(2)4-6-16(18)12-22(20)26-23;1-13-3-5-15-9-19-21(11-17(15)7-13)25-24-20-10-16-6-4-14(2)8-18(16)12-22(20)26-23(19)24;2*1-9-3-5-11-13(7-9)19-17-15(11)21-16-12-6-4-10(2)8-14(12)20-18(16)17;2*1-9-3-5-11-13(7-9)17-16-12-6-4-10(2)8-14(12)18-15(11)16/h2*3-12H,1-2H3;2*3-8H,1-2H3;2*3-8H,1-2H3. The minimum absolute atomic E-state index is 1.32. The molecule has 0 amide bonds. The van der Waals surface area contributed by atoms with Crippen LogP contribution in [0.3, 0.4) is 0 Å². The number of benzene rings is 16. The molecule has 30 rings (SSSR count). The number of hydrogen-bond acceptors (Lipinski definition) is 14. The summed E-state index contributed by atoms with van der Waals surface area (Å²) in [4.78, 5) is 0. The Labute approximate surface area is 805 Å². The molecule has 130 heavy (non-hydrogen) atoms. The Bertz CT molecular complexity index is 9100. The highest BCUT2D eigenvalue weighted by Crippen LogP contribution is 2.55. The Morgan fingerprint density at radius 2 is 0.231 bits per heavy atom. The summed E-state index contributed by atoms with van der Waals surface area (Å²) in [6.07, 6.45) is 0. The lowest BCUT2D eigenvalue weighted by atomic mass is 10.1. The minimum Gasteiger partial charge on any atom is -0.134 e. The van der Waals surface area contributed by atoms with E-state index in [4.69, 9.17) is 0 Å². The van der Waals surface area contributed by atoms with E-state index in [0.29, 0.717) is 0 Å². The zero-order valence-corrected chi connectivity index (χ0v) is 84.5. The third-order valence-corrected chi connectivity index (χ3v) is 43.4. The van der Waals surface area contributed by atoms with Crippen LogP contribution in [0.2, 0.25) is 0 Å². The zero-order valence-electron chi connectivity index (χ0n) is 73.1. The van der Waals surface area contributed by atoms with E-state index in [9.17, 15) is 0 Å². The summed E-state index contributed by atoms with van der Waals surface area (Å²) in [5.74, 6) is 0. The third kappa shape index (κ3) is 14.0. The first-order chi connectivity index (χ1) is 63.2. The molecule has 628 valence electrons. The summed E-state index contributed by atoms with van der Waals surface area (Å²) in [7, 11) is 0. The molecule has 14 heterocycles. The minimum atomic E-state index is 1.32. The zero-order chi connectivity index (χ0) is 87.7. The fraction of sp³-hybridized carbons (Fsp3) is 0.103. The van der Waals surface area contributed by atoms with Crippen LogP contribution in [-0.4, -0.2) is 0 Å². The molecule has 14 aromatic heterocycles. The van der Waals surface area contributed by atoms with Crippen molar-refractivity contribution < 1.29 is 0 Å². The van der Waals surface area contributed by atoms with Crippen molar-refractivity contribution in [2.45, 2.75) is 83.1 Å². The van der Waals surface area contributed by atoms with Gasteiger partial charge in [0.2, 0.25) is 0 Å². The molecule has 0 radical (unpaired) electrons. The van der Waals surface area contributed by atoms with Crippen molar-refractivity contribution in [3.8, 4) is 0 Å². The second-order valence-corrected chi connectivity index (χ2v) is 50.2. The van der Waals surface area contributed by atoms with Gasteiger partial charge in [-0.25, -0.2) is 0 Å². The van der Waals surface area contributed by atoms with Crippen molar-refractivity contribution in [2.75, 3.05) is 0 Å². The quantitative estimate of drug-likeness (QED) is 0.142. The second kappa shape index (κ2) is 31.6. The molecule has 16 aromatic carbocycles. The number of rotatable bonds is 0. The Morgan fingerprint density at radius 3 is 0.438 bits per heavy atom. The second-order valence-electron chi connectivity index (χ2n) is 35.5. The van der Waals surface area contributed by atoms with E-state index in [1.807, 2.05) is 159 Å². The topological polar surface area (TPSA) is 0 Å². The normalized spacial score (nSPS) is 12.2. The molecule has 0 atom stereocenters. The van der Waals surface area contributed by atoms with E-state index in [0.717, 1.165) is 0 Å². The van der Waals surface area contributed by atoms with Crippen LogP contribution >= 0.6 is 159 Å². The fourth-order valence-electron chi connectivity index (χ4n) is 18.8. The monoisotopic (exact) mass is 1920 g/mol. The Morgan fingerprint density at radius 1 is 0.100 bits per heavy atom. The van der Waals surface area contributed by atoms with Crippen molar-refractivity contribution in [1.29, 1.82) is 0 Å². The van der Waals surface area contributed by atoms with E-state index < -0.39 is 0 Å². The molecular formula is C116H80S14. The van der Waals surface area contributed by atoms with Gasteiger partial charge in [-0.1, -0.05) is 192 Å². The van der Waals surface area contributed by atoms with Gasteiger partial charge in [0.1, 0.15) is 0 Å². The van der Waals surface area contributed by atoms with Crippen LogP contribution in [-0.2, 0) is 0 Å². The van der Waals surface area contributed by atoms with Gasteiger partial charge in [-0.3, -0.25) is 0 Å². The van der Waals surface area contributed by atoms with Crippen LogP contribution in [0.15, 0.2) is 267 Å². The predicted octanol–water partition coefficient (Wildman–Crippen LogP) is 42.4. The Kier molecular flexibility index (Phi) is 19.8. The summed E-state index contributed by atoms with van der Waals surface area (Å²) < 4.78 is 40.3. The largest absolute Gasteiger partial charge is 0.134 e. The first kappa shape index (κ1) is 81.5. The van der Waals surface area contributed by atoms with Crippen molar-refractivity contribution in [3.63, 3.8) is 0 Å². The van der Waals surface area contributed by atoms with Crippen molar-refractivity contribution >= 4 is 398 Å². The Balaban J connectivity index is 0.0000000847. The van der Waals surface area contributed by atoms with Crippen LogP contribution in [0.5, 0.6) is 0 Å². The van der Waals surface area contributed by atoms with E-state index >= 15 is 0 Å². The first-order valence-electron chi connectivity index (χ1n) is 43.7. The molecular weight excluding hydrogens is 1840 g/mol. The molecule has 0 saturated carbocycles. The van der Waals surface area contributed by atoms with Crippen LogP contribution in [0.1, 0.15) is 66.8 Å². The summed E-state index contributed by atoms with van der Waals surface area (Å²) in [6.45, 7) is 26.0.